The summed E-state index contributed by atoms with van der Waals surface area (Å²) in [7, 11) is 1.57. The standard InChI is InChI=1S/C13H10ClNO2S/c1-15(9-5-3-2-4-6-9)13(17)12(16)10-7-8-11(14)18-10/h2-8H,1H3. The fourth-order valence-electron chi connectivity index (χ4n) is 1.46. The van der Waals surface area contributed by atoms with E-state index in [4.69, 9.17) is 11.6 Å². The maximum absolute atomic E-state index is 12.0. The Morgan fingerprint density at radius 2 is 1.78 bits per heavy atom. The monoisotopic (exact) mass is 279 g/mol. The van der Waals surface area contributed by atoms with Gasteiger partial charge in [-0.3, -0.25) is 9.59 Å². The molecule has 0 unspecified atom stereocenters. The van der Waals surface area contributed by atoms with Crippen LogP contribution >= 0.6 is 22.9 Å². The number of ketones is 1. The number of thiophene rings is 1. The lowest BCUT2D eigenvalue weighted by molar-refractivity contribution is -0.114. The lowest BCUT2D eigenvalue weighted by atomic mass is 10.2. The molecule has 0 radical (unpaired) electrons. The number of halogens is 1. The Morgan fingerprint density at radius 1 is 1.11 bits per heavy atom. The van der Waals surface area contributed by atoms with Crippen molar-refractivity contribution in [2.24, 2.45) is 0 Å². The third kappa shape index (κ3) is 2.60. The summed E-state index contributed by atoms with van der Waals surface area (Å²) in [5.41, 5.74) is 0.679. The molecular formula is C13H10ClNO2S. The highest BCUT2D eigenvalue weighted by Crippen LogP contribution is 2.23. The molecule has 1 amide bonds. The average molecular weight is 280 g/mol. The highest BCUT2D eigenvalue weighted by Gasteiger charge is 2.22. The molecular weight excluding hydrogens is 270 g/mol. The Kier molecular flexibility index (Phi) is 3.79. The number of rotatable bonds is 3. The number of carbonyl (C=O) groups is 2. The minimum Gasteiger partial charge on any atom is -0.309 e. The van der Waals surface area contributed by atoms with Crippen LogP contribution < -0.4 is 4.90 Å². The summed E-state index contributed by atoms with van der Waals surface area (Å²) in [5.74, 6) is -1.11. The first kappa shape index (κ1) is 12.8. The number of para-hydroxylation sites is 1. The molecule has 0 saturated carbocycles. The molecule has 92 valence electrons. The van der Waals surface area contributed by atoms with Crippen molar-refractivity contribution in [1.82, 2.24) is 0 Å². The second-order valence-corrected chi connectivity index (χ2v) is 5.35. The van der Waals surface area contributed by atoms with Gasteiger partial charge in [-0.25, -0.2) is 0 Å². The molecule has 5 heteroatoms. The first-order chi connectivity index (χ1) is 8.59. The highest BCUT2D eigenvalue weighted by atomic mass is 35.5. The summed E-state index contributed by atoms with van der Waals surface area (Å²) in [6, 6.07) is 12.2. The molecule has 0 bridgehead atoms. The molecule has 3 nitrogen and oxygen atoms in total. The number of anilines is 1. The predicted octanol–water partition coefficient (Wildman–Crippen LogP) is 3.25. The van der Waals surface area contributed by atoms with E-state index >= 15 is 0 Å². The number of likely N-dealkylation sites (N-methyl/N-ethyl adjacent to an activating group) is 1. The second-order valence-electron chi connectivity index (χ2n) is 3.63. The summed E-state index contributed by atoms with van der Waals surface area (Å²) in [5, 5.41) is 0. The summed E-state index contributed by atoms with van der Waals surface area (Å²) >= 11 is 6.85. The Balaban J connectivity index is 2.19. The van der Waals surface area contributed by atoms with Crippen LogP contribution in [0.25, 0.3) is 0 Å². The second kappa shape index (κ2) is 5.33. The van der Waals surface area contributed by atoms with Gasteiger partial charge in [-0.1, -0.05) is 29.8 Å². The number of carbonyl (C=O) groups excluding carboxylic acids is 2. The van der Waals surface area contributed by atoms with Gasteiger partial charge < -0.3 is 4.90 Å². The zero-order valence-electron chi connectivity index (χ0n) is 9.59. The minimum atomic E-state index is -0.570. The number of amides is 1. The molecule has 2 rings (SSSR count). The number of benzene rings is 1. The van der Waals surface area contributed by atoms with Crippen LogP contribution in [0.1, 0.15) is 9.67 Å². The summed E-state index contributed by atoms with van der Waals surface area (Å²) in [6.07, 6.45) is 0. The number of Topliss-reactive ketones (excluding diaryl/α,β-unsaturated/α-hetero) is 1. The fraction of sp³-hybridized carbons (Fsp3) is 0.0769. The Hall–Kier alpha value is -1.65. The lowest BCUT2D eigenvalue weighted by Crippen LogP contribution is -2.32. The molecule has 1 aromatic carbocycles. The number of nitrogens with zero attached hydrogens (tertiary/aromatic N) is 1. The Morgan fingerprint density at radius 3 is 2.33 bits per heavy atom. The molecule has 0 aliphatic rings. The molecule has 18 heavy (non-hydrogen) atoms. The van der Waals surface area contributed by atoms with E-state index in [-0.39, 0.29) is 0 Å². The van der Waals surface area contributed by atoms with E-state index in [0.29, 0.717) is 14.9 Å². The van der Waals surface area contributed by atoms with Gasteiger partial charge in [0.25, 0.3) is 11.7 Å². The van der Waals surface area contributed by atoms with Gasteiger partial charge in [-0.05, 0) is 24.3 Å². The van der Waals surface area contributed by atoms with Crippen LogP contribution in [-0.4, -0.2) is 18.7 Å². The van der Waals surface area contributed by atoms with E-state index in [2.05, 4.69) is 0 Å². The maximum atomic E-state index is 12.0. The van der Waals surface area contributed by atoms with Crippen molar-refractivity contribution in [2.75, 3.05) is 11.9 Å². The SMILES string of the molecule is CN(C(=O)C(=O)c1ccc(Cl)s1)c1ccccc1. The van der Waals surface area contributed by atoms with Gasteiger partial charge in [-0.15, -0.1) is 11.3 Å². The van der Waals surface area contributed by atoms with Crippen molar-refractivity contribution in [3.05, 3.63) is 51.7 Å². The zero-order valence-corrected chi connectivity index (χ0v) is 11.2. The van der Waals surface area contributed by atoms with Crippen LogP contribution in [0.4, 0.5) is 5.69 Å². The average Bonchev–Trinajstić information content (AvgIpc) is 2.84. The van der Waals surface area contributed by atoms with Crippen LogP contribution in [0, 0.1) is 0 Å². The van der Waals surface area contributed by atoms with E-state index in [9.17, 15) is 9.59 Å². The summed E-state index contributed by atoms with van der Waals surface area (Å²) in [4.78, 5) is 25.6. The zero-order chi connectivity index (χ0) is 13.1. The summed E-state index contributed by atoms with van der Waals surface area (Å²) < 4.78 is 0.494. The molecule has 0 atom stereocenters. The van der Waals surface area contributed by atoms with Crippen molar-refractivity contribution in [1.29, 1.82) is 0 Å². The minimum absolute atomic E-state index is 0.354. The van der Waals surface area contributed by atoms with Gasteiger partial charge in [-0.2, -0.15) is 0 Å². The summed E-state index contributed by atoms with van der Waals surface area (Å²) in [6.45, 7) is 0. The van der Waals surface area contributed by atoms with E-state index in [1.807, 2.05) is 18.2 Å². The first-order valence-electron chi connectivity index (χ1n) is 5.22. The van der Waals surface area contributed by atoms with Crippen molar-refractivity contribution < 1.29 is 9.59 Å². The molecule has 0 aliphatic heterocycles. The fourth-order valence-corrected chi connectivity index (χ4v) is 2.44. The van der Waals surface area contributed by atoms with E-state index < -0.39 is 11.7 Å². The number of hydrogen-bond donors (Lipinski definition) is 0. The predicted molar refractivity (Wildman–Crippen MR) is 73.5 cm³/mol. The first-order valence-corrected chi connectivity index (χ1v) is 6.42. The van der Waals surface area contributed by atoms with Crippen molar-refractivity contribution in [2.45, 2.75) is 0 Å². The Bertz CT molecular complexity index is 580. The van der Waals surface area contributed by atoms with Gasteiger partial charge >= 0.3 is 0 Å². The normalized spacial score (nSPS) is 10.1. The highest BCUT2D eigenvalue weighted by molar-refractivity contribution is 7.18. The van der Waals surface area contributed by atoms with Crippen LogP contribution in [0.2, 0.25) is 4.34 Å². The van der Waals surface area contributed by atoms with Crippen molar-refractivity contribution >= 4 is 40.3 Å². The van der Waals surface area contributed by atoms with Crippen LogP contribution in [0.3, 0.4) is 0 Å². The molecule has 0 fully saturated rings. The lowest BCUT2D eigenvalue weighted by Gasteiger charge is -2.15. The molecule has 0 aliphatic carbocycles. The molecule has 1 aromatic heterocycles. The van der Waals surface area contributed by atoms with E-state index in [0.717, 1.165) is 11.3 Å². The molecule has 2 aromatic rings. The third-order valence-corrected chi connectivity index (χ3v) is 3.67. The van der Waals surface area contributed by atoms with Crippen LogP contribution in [0.15, 0.2) is 42.5 Å². The van der Waals surface area contributed by atoms with Gasteiger partial charge in [0.2, 0.25) is 0 Å². The third-order valence-electron chi connectivity index (χ3n) is 2.44. The molecule has 1 heterocycles. The topological polar surface area (TPSA) is 37.4 Å². The van der Waals surface area contributed by atoms with E-state index in [1.165, 1.54) is 4.90 Å². The van der Waals surface area contributed by atoms with Gasteiger partial charge in [0, 0.05) is 12.7 Å². The van der Waals surface area contributed by atoms with Crippen LogP contribution in [0.5, 0.6) is 0 Å². The maximum Gasteiger partial charge on any atom is 0.299 e. The quantitative estimate of drug-likeness (QED) is 0.639. The smallest absolute Gasteiger partial charge is 0.299 e. The molecule has 0 N–H and O–H groups in total. The van der Waals surface area contributed by atoms with Gasteiger partial charge in [0.15, 0.2) is 0 Å². The number of hydrogen-bond acceptors (Lipinski definition) is 3. The van der Waals surface area contributed by atoms with Crippen molar-refractivity contribution in [3.63, 3.8) is 0 Å². The van der Waals surface area contributed by atoms with E-state index in [1.54, 1.807) is 31.3 Å². The molecule has 0 spiro atoms. The largest absolute Gasteiger partial charge is 0.309 e. The van der Waals surface area contributed by atoms with Gasteiger partial charge in [0.05, 0.1) is 9.21 Å². The Labute approximate surface area is 114 Å². The van der Waals surface area contributed by atoms with Gasteiger partial charge in [0.1, 0.15) is 0 Å². The van der Waals surface area contributed by atoms with Crippen molar-refractivity contribution in [3.8, 4) is 0 Å². The molecule has 0 saturated heterocycles. The van der Waals surface area contributed by atoms with Crippen LogP contribution in [-0.2, 0) is 4.79 Å².